The SMILES string of the molecule is Cc1nc2nc(C)c(N3CCN(c4ccc(Cl)c(Cl)c4)CC3)c(=O)n2[nH]1. The molecule has 3 heterocycles. The van der Waals surface area contributed by atoms with Crippen molar-refractivity contribution in [2.24, 2.45) is 0 Å². The van der Waals surface area contributed by atoms with Gasteiger partial charge in [0.25, 0.3) is 11.3 Å². The van der Waals surface area contributed by atoms with Crippen molar-refractivity contribution in [3.8, 4) is 0 Å². The number of fused-ring (bicyclic) bond motifs is 1. The Morgan fingerprint density at radius 1 is 1.00 bits per heavy atom. The van der Waals surface area contributed by atoms with Gasteiger partial charge in [-0.15, -0.1) is 0 Å². The van der Waals surface area contributed by atoms with E-state index in [1.165, 1.54) is 4.52 Å². The number of halogens is 2. The molecule has 136 valence electrons. The van der Waals surface area contributed by atoms with E-state index in [2.05, 4.69) is 24.9 Å². The number of hydrogen-bond acceptors (Lipinski definition) is 5. The molecule has 0 atom stereocenters. The molecule has 0 bridgehead atoms. The lowest BCUT2D eigenvalue weighted by Crippen LogP contribution is -2.48. The highest BCUT2D eigenvalue weighted by Gasteiger charge is 2.23. The third-order valence-electron chi connectivity index (χ3n) is 4.62. The van der Waals surface area contributed by atoms with Crippen molar-refractivity contribution < 1.29 is 0 Å². The van der Waals surface area contributed by atoms with Crippen molar-refractivity contribution in [1.82, 2.24) is 19.6 Å². The molecule has 1 fully saturated rings. The molecule has 0 unspecified atom stereocenters. The quantitative estimate of drug-likeness (QED) is 0.725. The molecule has 1 aliphatic rings. The molecule has 2 aromatic heterocycles. The molecule has 0 radical (unpaired) electrons. The summed E-state index contributed by atoms with van der Waals surface area (Å²) in [5.41, 5.74) is 2.24. The number of rotatable bonds is 2. The summed E-state index contributed by atoms with van der Waals surface area (Å²) in [6.45, 7) is 6.66. The average molecular weight is 393 g/mol. The van der Waals surface area contributed by atoms with Gasteiger partial charge in [-0.3, -0.25) is 9.89 Å². The Balaban J connectivity index is 1.59. The fraction of sp³-hybridized carbons (Fsp3) is 0.353. The van der Waals surface area contributed by atoms with Gasteiger partial charge in [-0.2, -0.15) is 9.50 Å². The molecule has 1 aromatic carbocycles. The number of anilines is 2. The summed E-state index contributed by atoms with van der Waals surface area (Å²) in [7, 11) is 0. The highest BCUT2D eigenvalue weighted by Crippen LogP contribution is 2.28. The molecular weight excluding hydrogens is 375 g/mol. The van der Waals surface area contributed by atoms with Gasteiger partial charge in [0, 0.05) is 31.9 Å². The van der Waals surface area contributed by atoms with Gasteiger partial charge in [0.05, 0.1) is 15.7 Å². The van der Waals surface area contributed by atoms with Crippen LogP contribution in [0.2, 0.25) is 10.0 Å². The number of aromatic amines is 1. The van der Waals surface area contributed by atoms with E-state index in [1.807, 2.05) is 19.1 Å². The predicted octanol–water partition coefficient (Wildman–Crippen LogP) is 2.67. The van der Waals surface area contributed by atoms with Gasteiger partial charge >= 0.3 is 0 Å². The first kappa shape index (κ1) is 17.2. The number of piperazine rings is 1. The summed E-state index contributed by atoms with van der Waals surface area (Å²) in [5, 5.41) is 4.04. The zero-order valence-electron chi connectivity index (χ0n) is 14.5. The Kier molecular flexibility index (Phi) is 4.28. The minimum absolute atomic E-state index is 0.115. The van der Waals surface area contributed by atoms with Crippen LogP contribution in [0.15, 0.2) is 23.0 Å². The monoisotopic (exact) mass is 392 g/mol. The normalized spacial score (nSPS) is 15.1. The molecule has 3 aromatic rings. The zero-order valence-corrected chi connectivity index (χ0v) is 16.0. The zero-order chi connectivity index (χ0) is 18.4. The molecule has 0 amide bonds. The second-order valence-electron chi connectivity index (χ2n) is 6.37. The molecule has 7 nitrogen and oxygen atoms in total. The first-order chi connectivity index (χ1) is 12.4. The van der Waals surface area contributed by atoms with Crippen LogP contribution < -0.4 is 15.4 Å². The number of H-pyrrole nitrogens is 1. The van der Waals surface area contributed by atoms with Crippen LogP contribution >= 0.6 is 23.2 Å². The molecule has 0 saturated carbocycles. The van der Waals surface area contributed by atoms with E-state index in [9.17, 15) is 4.79 Å². The average Bonchev–Trinajstić information content (AvgIpc) is 2.98. The number of nitrogens with one attached hydrogen (secondary N) is 1. The van der Waals surface area contributed by atoms with E-state index in [0.717, 1.165) is 31.9 Å². The number of benzene rings is 1. The smallest absolute Gasteiger partial charge is 0.297 e. The van der Waals surface area contributed by atoms with Crippen LogP contribution in [0.5, 0.6) is 0 Å². The van der Waals surface area contributed by atoms with Crippen LogP contribution in [0, 0.1) is 13.8 Å². The Hall–Kier alpha value is -2.25. The minimum atomic E-state index is -0.115. The van der Waals surface area contributed by atoms with Gasteiger partial charge < -0.3 is 9.80 Å². The predicted molar refractivity (Wildman–Crippen MR) is 104 cm³/mol. The summed E-state index contributed by atoms with van der Waals surface area (Å²) < 4.78 is 1.41. The van der Waals surface area contributed by atoms with Crippen LogP contribution in [0.25, 0.3) is 5.78 Å². The van der Waals surface area contributed by atoms with Gasteiger partial charge in [0.2, 0.25) is 0 Å². The molecule has 4 rings (SSSR count). The van der Waals surface area contributed by atoms with Gasteiger partial charge in [-0.05, 0) is 32.0 Å². The van der Waals surface area contributed by atoms with Crippen LogP contribution in [-0.2, 0) is 0 Å². The lowest BCUT2D eigenvalue weighted by atomic mass is 10.2. The first-order valence-electron chi connectivity index (χ1n) is 8.35. The molecule has 9 heteroatoms. The Labute approximate surface area is 160 Å². The third-order valence-corrected chi connectivity index (χ3v) is 5.36. The second-order valence-corrected chi connectivity index (χ2v) is 7.18. The Morgan fingerprint density at radius 2 is 1.69 bits per heavy atom. The second kappa shape index (κ2) is 6.48. The van der Waals surface area contributed by atoms with E-state index in [0.29, 0.717) is 33.0 Å². The van der Waals surface area contributed by atoms with Crippen molar-refractivity contribution in [1.29, 1.82) is 0 Å². The maximum atomic E-state index is 12.9. The van der Waals surface area contributed by atoms with Crippen molar-refractivity contribution in [2.45, 2.75) is 13.8 Å². The maximum Gasteiger partial charge on any atom is 0.297 e. The molecule has 0 spiro atoms. The first-order valence-corrected chi connectivity index (χ1v) is 9.10. The van der Waals surface area contributed by atoms with Gasteiger partial charge in [0.15, 0.2) is 0 Å². The van der Waals surface area contributed by atoms with Gasteiger partial charge in [-0.1, -0.05) is 23.2 Å². The summed E-state index contributed by atoms with van der Waals surface area (Å²) in [6, 6.07) is 5.65. The number of hydrogen-bond donors (Lipinski definition) is 1. The molecule has 26 heavy (non-hydrogen) atoms. The Bertz CT molecular complexity index is 1040. The largest absolute Gasteiger partial charge is 0.368 e. The highest BCUT2D eigenvalue weighted by molar-refractivity contribution is 6.42. The van der Waals surface area contributed by atoms with Crippen molar-refractivity contribution in [3.05, 3.63) is 50.1 Å². The number of nitrogens with zero attached hydrogens (tertiary/aromatic N) is 5. The number of aromatic nitrogens is 4. The number of aryl methyl sites for hydroxylation is 2. The molecule has 1 saturated heterocycles. The maximum absolute atomic E-state index is 12.9. The lowest BCUT2D eigenvalue weighted by Gasteiger charge is -2.37. The van der Waals surface area contributed by atoms with E-state index in [4.69, 9.17) is 23.2 Å². The van der Waals surface area contributed by atoms with E-state index < -0.39 is 0 Å². The molecule has 1 aliphatic heterocycles. The summed E-state index contributed by atoms with van der Waals surface area (Å²) in [4.78, 5) is 25.9. The van der Waals surface area contributed by atoms with E-state index in [-0.39, 0.29) is 5.56 Å². The van der Waals surface area contributed by atoms with Crippen molar-refractivity contribution in [3.63, 3.8) is 0 Å². The molecule has 0 aliphatic carbocycles. The van der Waals surface area contributed by atoms with Gasteiger partial charge in [0.1, 0.15) is 11.5 Å². The third kappa shape index (κ3) is 2.91. The lowest BCUT2D eigenvalue weighted by molar-refractivity contribution is 0.645. The topological polar surface area (TPSA) is 69.5 Å². The fourth-order valence-electron chi connectivity index (χ4n) is 3.35. The van der Waals surface area contributed by atoms with Crippen LogP contribution in [0.3, 0.4) is 0 Å². The standard InChI is InChI=1S/C17H18Cl2N6O/c1-10-15(16(26)25-17(20-10)21-11(2)22-25)24-7-5-23(6-8-24)12-3-4-13(18)14(19)9-12/h3-4,9H,5-8H2,1-2H3,(H,20,21,22). The Morgan fingerprint density at radius 3 is 2.38 bits per heavy atom. The van der Waals surface area contributed by atoms with Crippen LogP contribution in [-0.4, -0.2) is 45.8 Å². The molecule has 1 N–H and O–H groups in total. The molecular formula is C17H18Cl2N6O. The van der Waals surface area contributed by atoms with Crippen molar-refractivity contribution >= 4 is 40.4 Å². The summed E-state index contributed by atoms with van der Waals surface area (Å²) >= 11 is 12.1. The highest BCUT2D eigenvalue weighted by atomic mass is 35.5. The van der Waals surface area contributed by atoms with Crippen LogP contribution in [0.1, 0.15) is 11.5 Å². The van der Waals surface area contributed by atoms with E-state index in [1.54, 1.807) is 13.0 Å². The minimum Gasteiger partial charge on any atom is -0.368 e. The summed E-state index contributed by atoms with van der Waals surface area (Å²) in [6.07, 6.45) is 0. The fourth-order valence-corrected chi connectivity index (χ4v) is 3.64. The van der Waals surface area contributed by atoms with Gasteiger partial charge in [-0.25, -0.2) is 4.98 Å². The van der Waals surface area contributed by atoms with E-state index >= 15 is 0 Å². The van der Waals surface area contributed by atoms with Crippen molar-refractivity contribution in [2.75, 3.05) is 36.0 Å². The van der Waals surface area contributed by atoms with Crippen LogP contribution in [0.4, 0.5) is 11.4 Å². The summed E-state index contributed by atoms with van der Waals surface area (Å²) in [5.74, 6) is 1.07.